The van der Waals surface area contributed by atoms with Gasteiger partial charge in [0.05, 0.1) is 22.9 Å². The van der Waals surface area contributed by atoms with E-state index in [-0.39, 0.29) is 5.60 Å². The molecule has 3 nitrogen and oxygen atoms in total. The zero-order chi connectivity index (χ0) is 18.6. The zero-order valence-corrected chi connectivity index (χ0v) is 16.7. The molecular weight excluding hydrogens is 344 g/mol. The minimum absolute atomic E-state index is 0.114. The number of rotatable bonds is 5. The molecule has 0 spiro atoms. The SMILES string of the molecule is CC(C)(C)OCc1ccc(CNc2c(Cl)ccc3c2CCNCC3)cc1. The third-order valence-corrected chi connectivity index (χ3v) is 4.96. The topological polar surface area (TPSA) is 33.3 Å². The number of halogens is 1. The van der Waals surface area contributed by atoms with E-state index in [0.29, 0.717) is 6.61 Å². The Bertz CT molecular complexity index is 735. The number of ether oxygens (including phenoxy) is 1. The van der Waals surface area contributed by atoms with E-state index < -0.39 is 0 Å². The van der Waals surface area contributed by atoms with Crippen molar-refractivity contribution in [3.8, 4) is 0 Å². The molecule has 0 unspecified atom stereocenters. The van der Waals surface area contributed by atoms with Gasteiger partial charge in [0.15, 0.2) is 0 Å². The summed E-state index contributed by atoms with van der Waals surface area (Å²) in [7, 11) is 0. The number of fused-ring (bicyclic) bond motifs is 1. The molecule has 0 saturated heterocycles. The summed E-state index contributed by atoms with van der Waals surface area (Å²) in [6.07, 6.45) is 2.07. The van der Waals surface area contributed by atoms with Crippen molar-refractivity contribution in [2.45, 2.75) is 52.4 Å². The van der Waals surface area contributed by atoms with Crippen LogP contribution in [0.4, 0.5) is 5.69 Å². The summed E-state index contributed by atoms with van der Waals surface area (Å²) in [4.78, 5) is 0. The summed E-state index contributed by atoms with van der Waals surface area (Å²) in [5.41, 5.74) is 6.17. The van der Waals surface area contributed by atoms with Gasteiger partial charge in [-0.15, -0.1) is 0 Å². The van der Waals surface area contributed by atoms with Crippen LogP contribution in [0.25, 0.3) is 0 Å². The molecule has 3 rings (SSSR count). The summed E-state index contributed by atoms with van der Waals surface area (Å²) in [5, 5.41) is 7.84. The normalized spacial score (nSPS) is 14.6. The molecule has 1 aliphatic heterocycles. The third-order valence-electron chi connectivity index (χ3n) is 4.65. The first-order valence-electron chi connectivity index (χ1n) is 9.39. The molecule has 2 aromatic carbocycles. The molecule has 0 aromatic heterocycles. The van der Waals surface area contributed by atoms with Crippen molar-refractivity contribution in [3.05, 3.63) is 63.7 Å². The Kier molecular flexibility index (Phi) is 6.23. The highest BCUT2D eigenvalue weighted by molar-refractivity contribution is 6.33. The van der Waals surface area contributed by atoms with Crippen molar-refractivity contribution in [3.63, 3.8) is 0 Å². The molecule has 1 heterocycles. The second kappa shape index (κ2) is 8.43. The smallest absolute Gasteiger partial charge is 0.0724 e. The Morgan fingerprint density at radius 3 is 2.42 bits per heavy atom. The largest absolute Gasteiger partial charge is 0.380 e. The molecule has 0 bridgehead atoms. The van der Waals surface area contributed by atoms with Gasteiger partial charge in [-0.3, -0.25) is 0 Å². The maximum Gasteiger partial charge on any atom is 0.0724 e. The van der Waals surface area contributed by atoms with Crippen LogP contribution in [0.1, 0.15) is 43.0 Å². The van der Waals surface area contributed by atoms with Gasteiger partial charge in [-0.1, -0.05) is 41.9 Å². The van der Waals surface area contributed by atoms with Crippen LogP contribution in [-0.2, 0) is 30.7 Å². The molecule has 0 atom stereocenters. The first kappa shape index (κ1) is 19.2. The van der Waals surface area contributed by atoms with Crippen LogP contribution in [-0.4, -0.2) is 18.7 Å². The lowest BCUT2D eigenvalue weighted by atomic mass is 10.0. The van der Waals surface area contributed by atoms with Gasteiger partial charge in [0.1, 0.15) is 0 Å². The van der Waals surface area contributed by atoms with Crippen LogP contribution in [0.2, 0.25) is 5.02 Å². The molecular formula is C22H29ClN2O. The fourth-order valence-corrected chi connectivity index (χ4v) is 3.42. The Morgan fingerprint density at radius 2 is 1.69 bits per heavy atom. The van der Waals surface area contributed by atoms with Crippen LogP contribution in [0, 0.1) is 0 Å². The fraction of sp³-hybridized carbons (Fsp3) is 0.455. The number of hydrogen-bond acceptors (Lipinski definition) is 3. The highest BCUT2D eigenvalue weighted by Gasteiger charge is 2.14. The Morgan fingerprint density at radius 1 is 1.00 bits per heavy atom. The van der Waals surface area contributed by atoms with Gasteiger partial charge in [0, 0.05) is 6.54 Å². The lowest BCUT2D eigenvalue weighted by Crippen LogP contribution is -2.18. The molecule has 1 aliphatic rings. The maximum absolute atomic E-state index is 6.49. The first-order valence-corrected chi connectivity index (χ1v) is 9.77. The van der Waals surface area contributed by atoms with Gasteiger partial charge in [0.25, 0.3) is 0 Å². The lowest BCUT2D eigenvalue weighted by molar-refractivity contribution is -0.0149. The predicted octanol–water partition coefficient (Wildman–Crippen LogP) is 4.96. The Hall–Kier alpha value is -1.55. The van der Waals surface area contributed by atoms with Crippen LogP contribution < -0.4 is 10.6 Å². The number of benzene rings is 2. The van der Waals surface area contributed by atoms with Crippen LogP contribution in [0.15, 0.2) is 36.4 Å². The van der Waals surface area contributed by atoms with E-state index in [4.69, 9.17) is 16.3 Å². The molecule has 2 N–H and O–H groups in total. The third kappa shape index (κ3) is 5.23. The minimum atomic E-state index is -0.114. The summed E-state index contributed by atoms with van der Waals surface area (Å²) < 4.78 is 5.84. The van der Waals surface area contributed by atoms with Crippen LogP contribution >= 0.6 is 11.6 Å². The highest BCUT2D eigenvalue weighted by atomic mass is 35.5. The Balaban J connectivity index is 1.66. The first-order chi connectivity index (χ1) is 12.4. The van der Waals surface area contributed by atoms with Gasteiger partial charge >= 0.3 is 0 Å². The van der Waals surface area contributed by atoms with E-state index in [2.05, 4.69) is 61.7 Å². The average Bonchev–Trinajstić information content (AvgIpc) is 2.85. The standard InChI is InChI=1S/C22H29ClN2O/c1-22(2,3)26-15-17-6-4-16(5-7-17)14-25-21-19-11-13-24-12-10-18(19)8-9-20(21)23/h4-9,24-25H,10-15H2,1-3H3. The predicted molar refractivity (Wildman–Crippen MR) is 110 cm³/mol. The van der Waals surface area contributed by atoms with E-state index in [1.807, 2.05) is 6.07 Å². The van der Waals surface area contributed by atoms with E-state index in [1.165, 1.54) is 22.3 Å². The molecule has 0 aliphatic carbocycles. The molecule has 0 radical (unpaired) electrons. The molecule has 0 amide bonds. The highest BCUT2D eigenvalue weighted by Crippen LogP contribution is 2.31. The van der Waals surface area contributed by atoms with E-state index >= 15 is 0 Å². The maximum atomic E-state index is 6.49. The summed E-state index contributed by atoms with van der Waals surface area (Å²) >= 11 is 6.49. The summed E-state index contributed by atoms with van der Waals surface area (Å²) in [5.74, 6) is 0. The number of hydrogen-bond donors (Lipinski definition) is 2. The molecule has 140 valence electrons. The molecule has 2 aromatic rings. The van der Waals surface area contributed by atoms with Crippen molar-refractivity contribution in [2.24, 2.45) is 0 Å². The number of nitrogens with one attached hydrogen (secondary N) is 2. The molecule has 0 saturated carbocycles. The summed E-state index contributed by atoms with van der Waals surface area (Å²) in [6.45, 7) is 9.68. The van der Waals surface area contributed by atoms with E-state index in [0.717, 1.165) is 43.2 Å². The van der Waals surface area contributed by atoms with Crippen molar-refractivity contribution < 1.29 is 4.74 Å². The Labute approximate surface area is 162 Å². The second-order valence-corrected chi connectivity index (χ2v) is 8.29. The van der Waals surface area contributed by atoms with E-state index in [1.54, 1.807) is 0 Å². The van der Waals surface area contributed by atoms with Crippen molar-refractivity contribution in [1.29, 1.82) is 0 Å². The van der Waals surface area contributed by atoms with Crippen LogP contribution in [0.5, 0.6) is 0 Å². The van der Waals surface area contributed by atoms with E-state index in [9.17, 15) is 0 Å². The zero-order valence-electron chi connectivity index (χ0n) is 16.0. The average molecular weight is 373 g/mol. The van der Waals surface area contributed by atoms with Crippen molar-refractivity contribution >= 4 is 17.3 Å². The van der Waals surface area contributed by atoms with Crippen molar-refractivity contribution in [2.75, 3.05) is 18.4 Å². The quantitative estimate of drug-likeness (QED) is 0.778. The minimum Gasteiger partial charge on any atom is -0.380 e. The molecule has 26 heavy (non-hydrogen) atoms. The monoisotopic (exact) mass is 372 g/mol. The van der Waals surface area contributed by atoms with Gasteiger partial charge in [-0.25, -0.2) is 0 Å². The lowest BCUT2D eigenvalue weighted by Gasteiger charge is -2.19. The summed E-state index contributed by atoms with van der Waals surface area (Å²) in [6, 6.07) is 12.8. The van der Waals surface area contributed by atoms with Crippen LogP contribution in [0.3, 0.4) is 0 Å². The number of anilines is 1. The van der Waals surface area contributed by atoms with Gasteiger partial charge in [-0.2, -0.15) is 0 Å². The molecule has 0 fully saturated rings. The van der Waals surface area contributed by atoms with Crippen molar-refractivity contribution in [1.82, 2.24) is 5.32 Å². The van der Waals surface area contributed by atoms with Gasteiger partial charge in [-0.05, 0) is 75.0 Å². The molecule has 4 heteroatoms. The second-order valence-electron chi connectivity index (χ2n) is 7.88. The van der Waals surface area contributed by atoms with Gasteiger partial charge in [0.2, 0.25) is 0 Å². The fourth-order valence-electron chi connectivity index (χ4n) is 3.18. The van der Waals surface area contributed by atoms with Gasteiger partial charge < -0.3 is 15.4 Å².